The standard InChI is InChI=1S/C23H29N5O/c1-15-11-16(2)28(26-15)17(3)12-22(29)27-10-6-8-19(14-27)23-20(24)13-18-7-4-5-9-21(18)25-23/h4-5,7,9,11,13,17,19H,6,8,10,12,14,24H2,1-3H3/t17-,19+/m1/s1. The highest BCUT2D eigenvalue weighted by Crippen LogP contribution is 2.32. The number of piperidine rings is 1. The van der Waals surface area contributed by atoms with Crippen LogP contribution in [0.3, 0.4) is 0 Å². The summed E-state index contributed by atoms with van der Waals surface area (Å²) >= 11 is 0. The Kier molecular flexibility index (Phi) is 5.26. The number of carbonyl (C=O) groups excluding carboxylic acids is 1. The number of nitrogen functional groups attached to an aromatic ring is 1. The van der Waals surface area contributed by atoms with Crippen LogP contribution in [0.5, 0.6) is 0 Å². The van der Waals surface area contributed by atoms with Gasteiger partial charge in [0, 0.05) is 36.5 Å². The van der Waals surface area contributed by atoms with Crippen LogP contribution in [0, 0.1) is 13.8 Å². The van der Waals surface area contributed by atoms with Crippen LogP contribution < -0.4 is 5.73 Å². The summed E-state index contributed by atoms with van der Waals surface area (Å²) in [7, 11) is 0. The number of nitrogens with zero attached hydrogens (tertiary/aromatic N) is 4. The van der Waals surface area contributed by atoms with Crippen LogP contribution in [0.1, 0.15) is 55.2 Å². The lowest BCUT2D eigenvalue weighted by molar-refractivity contribution is -0.133. The van der Waals surface area contributed by atoms with E-state index in [-0.39, 0.29) is 17.9 Å². The maximum atomic E-state index is 13.0. The number of hydrogen-bond acceptors (Lipinski definition) is 4. The Hall–Kier alpha value is -2.89. The van der Waals surface area contributed by atoms with Crippen molar-refractivity contribution in [2.24, 2.45) is 0 Å². The number of rotatable bonds is 4. The summed E-state index contributed by atoms with van der Waals surface area (Å²) in [5.41, 5.74) is 11.0. The van der Waals surface area contributed by atoms with Crippen LogP contribution in [-0.4, -0.2) is 38.7 Å². The number of amides is 1. The first kappa shape index (κ1) is 19.4. The highest BCUT2D eigenvalue weighted by molar-refractivity contribution is 5.82. The molecule has 1 fully saturated rings. The Morgan fingerprint density at radius 2 is 2.07 bits per heavy atom. The molecule has 0 unspecified atom stereocenters. The zero-order valence-electron chi connectivity index (χ0n) is 17.4. The Labute approximate surface area is 171 Å². The van der Waals surface area contributed by atoms with E-state index in [9.17, 15) is 4.79 Å². The number of hydrogen-bond donors (Lipinski definition) is 1. The van der Waals surface area contributed by atoms with E-state index in [0.717, 1.165) is 53.1 Å². The van der Waals surface area contributed by atoms with Crippen LogP contribution >= 0.6 is 0 Å². The van der Waals surface area contributed by atoms with Gasteiger partial charge in [-0.1, -0.05) is 18.2 Å². The van der Waals surface area contributed by atoms with E-state index in [0.29, 0.717) is 13.0 Å². The molecule has 0 aliphatic carbocycles. The molecule has 1 aromatic carbocycles. The van der Waals surface area contributed by atoms with Crippen molar-refractivity contribution >= 4 is 22.5 Å². The van der Waals surface area contributed by atoms with Crippen LogP contribution in [0.25, 0.3) is 10.9 Å². The summed E-state index contributed by atoms with van der Waals surface area (Å²) < 4.78 is 1.96. The van der Waals surface area contributed by atoms with Crippen molar-refractivity contribution in [2.45, 2.75) is 52.0 Å². The average Bonchev–Trinajstić information content (AvgIpc) is 3.05. The monoisotopic (exact) mass is 391 g/mol. The molecule has 6 heteroatoms. The zero-order valence-corrected chi connectivity index (χ0v) is 17.4. The maximum Gasteiger partial charge on any atom is 0.224 e. The number of para-hydroxylation sites is 1. The molecule has 3 aromatic rings. The average molecular weight is 392 g/mol. The van der Waals surface area contributed by atoms with E-state index in [1.165, 1.54) is 0 Å². The number of carbonyl (C=O) groups is 1. The topological polar surface area (TPSA) is 77.0 Å². The summed E-state index contributed by atoms with van der Waals surface area (Å²) in [5.74, 6) is 0.357. The van der Waals surface area contributed by atoms with Crippen molar-refractivity contribution in [3.63, 3.8) is 0 Å². The van der Waals surface area contributed by atoms with Gasteiger partial charge in [-0.15, -0.1) is 0 Å². The lowest BCUT2D eigenvalue weighted by atomic mass is 9.92. The Morgan fingerprint density at radius 3 is 2.83 bits per heavy atom. The minimum atomic E-state index is 0.0421. The number of fused-ring (bicyclic) bond motifs is 1. The summed E-state index contributed by atoms with van der Waals surface area (Å²) in [6.07, 6.45) is 2.43. The van der Waals surface area contributed by atoms with Crippen molar-refractivity contribution in [3.8, 4) is 0 Å². The molecule has 4 rings (SSSR count). The number of benzene rings is 1. The van der Waals surface area contributed by atoms with Crippen molar-refractivity contribution in [1.29, 1.82) is 0 Å². The number of nitrogens with two attached hydrogens (primary N) is 1. The molecular formula is C23H29N5O. The number of aromatic nitrogens is 3. The molecule has 152 valence electrons. The van der Waals surface area contributed by atoms with E-state index < -0.39 is 0 Å². The Morgan fingerprint density at radius 1 is 1.28 bits per heavy atom. The molecule has 0 bridgehead atoms. The number of aryl methyl sites for hydroxylation is 2. The van der Waals surface area contributed by atoms with Crippen LogP contribution in [0.15, 0.2) is 36.4 Å². The predicted octanol–water partition coefficient (Wildman–Crippen LogP) is 3.99. The first-order valence-electron chi connectivity index (χ1n) is 10.4. The molecule has 2 N–H and O–H groups in total. The summed E-state index contributed by atoms with van der Waals surface area (Å²) in [6.45, 7) is 7.55. The van der Waals surface area contributed by atoms with E-state index in [2.05, 4.69) is 12.0 Å². The molecular weight excluding hydrogens is 362 g/mol. The number of likely N-dealkylation sites (tertiary alicyclic amines) is 1. The van der Waals surface area contributed by atoms with Gasteiger partial charge in [0.25, 0.3) is 0 Å². The molecule has 1 amide bonds. The lowest BCUT2D eigenvalue weighted by Gasteiger charge is -2.33. The normalized spacial score (nSPS) is 18.2. The molecule has 29 heavy (non-hydrogen) atoms. The Balaban J connectivity index is 1.49. The minimum absolute atomic E-state index is 0.0421. The SMILES string of the molecule is Cc1cc(C)n([C@H](C)CC(=O)N2CCC[C@H](c3nc4ccccc4cc3N)C2)n1. The van der Waals surface area contributed by atoms with Gasteiger partial charge in [-0.2, -0.15) is 5.10 Å². The van der Waals surface area contributed by atoms with E-state index in [1.807, 2.05) is 59.8 Å². The van der Waals surface area contributed by atoms with Gasteiger partial charge in [0.15, 0.2) is 0 Å². The van der Waals surface area contributed by atoms with Gasteiger partial charge in [-0.3, -0.25) is 14.5 Å². The highest BCUT2D eigenvalue weighted by Gasteiger charge is 2.28. The second-order valence-electron chi connectivity index (χ2n) is 8.26. The molecule has 1 aliphatic heterocycles. The third kappa shape index (κ3) is 3.97. The Bertz CT molecular complexity index is 1040. The number of pyridine rings is 1. The molecule has 3 heterocycles. The molecule has 2 atom stereocenters. The quantitative estimate of drug-likeness (QED) is 0.729. The fourth-order valence-electron chi connectivity index (χ4n) is 4.46. The smallest absolute Gasteiger partial charge is 0.224 e. The van der Waals surface area contributed by atoms with Crippen molar-refractivity contribution in [3.05, 3.63) is 53.5 Å². The summed E-state index contributed by atoms with van der Waals surface area (Å²) in [4.78, 5) is 19.8. The summed E-state index contributed by atoms with van der Waals surface area (Å²) in [5, 5.41) is 5.58. The van der Waals surface area contributed by atoms with E-state index in [1.54, 1.807) is 0 Å². The third-order valence-electron chi connectivity index (χ3n) is 5.88. The van der Waals surface area contributed by atoms with Gasteiger partial charge < -0.3 is 10.6 Å². The lowest BCUT2D eigenvalue weighted by Crippen LogP contribution is -2.40. The third-order valence-corrected chi connectivity index (χ3v) is 5.88. The first-order valence-corrected chi connectivity index (χ1v) is 10.4. The van der Waals surface area contributed by atoms with Gasteiger partial charge in [0.05, 0.1) is 28.6 Å². The molecule has 2 aromatic heterocycles. The number of anilines is 1. The fraction of sp³-hybridized carbons (Fsp3) is 0.435. The van der Waals surface area contributed by atoms with Crippen molar-refractivity contribution in [2.75, 3.05) is 18.8 Å². The predicted molar refractivity (Wildman–Crippen MR) is 116 cm³/mol. The van der Waals surface area contributed by atoms with Gasteiger partial charge in [-0.25, -0.2) is 0 Å². The largest absolute Gasteiger partial charge is 0.397 e. The van der Waals surface area contributed by atoms with Crippen LogP contribution in [-0.2, 0) is 4.79 Å². The van der Waals surface area contributed by atoms with Crippen molar-refractivity contribution in [1.82, 2.24) is 19.7 Å². The van der Waals surface area contributed by atoms with Gasteiger partial charge >= 0.3 is 0 Å². The van der Waals surface area contributed by atoms with Crippen LogP contribution in [0.2, 0.25) is 0 Å². The molecule has 0 radical (unpaired) electrons. The second kappa shape index (κ2) is 7.85. The highest BCUT2D eigenvalue weighted by atomic mass is 16.2. The summed E-state index contributed by atoms with van der Waals surface area (Å²) in [6, 6.07) is 12.1. The molecule has 1 aliphatic rings. The van der Waals surface area contributed by atoms with Crippen LogP contribution in [0.4, 0.5) is 5.69 Å². The van der Waals surface area contributed by atoms with Gasteiger partial charge in [-0.05, 0) is 51.8 Å². The molecule has 0 saturated carbocycles. The molecule has 6 nitrogen and oxygen atoms in total. The maximum absolute atomic E-state index is 13.0. The first-order chi connectivity index (χ1) is 13.9. The van der Waals surface area contributed by atoms with E-state index in [4.69, 9.17) is 10.7 Å². The second-order valence-corrected chi connectivity index (χ2v) is 8.26. The molecule has 1 saturated heterocycles. The fourth-order valence-corrected chi connectivity index (χ4v) is 4.46. The van der Waals surface area contributed by atoms with Gasteiger partial charge in [0.1, 0.15) is 0 Å². The van der Waals surface area contributed by atoms with Gasteiger partial charge in [0.2, 0.25) is 5.91 Å². The minimum Gasteiger partial charge on any atom is -0.397 e. The molecule has 0 spiro atoms. The van der Waals surface area contributed by atoms with Crippen molar-refractivity contribution < 1.29 is 4.79 Å². The van der Waals surface area contributed by atoms with E-state index >= 15 is 0 Å². The zero-order chi connectivity index (χ0) is 20.5.